The molecule has 0 amide bonds. The van der Waals surface area contributed by atoms with Crippen LogP contribution in [0.25, 0.3) is 11.2 Å². The Morgan fingerprint density at radius 3 is 2.63 bits per heavy atom. The number of methoxy groups -OCH3 is 1. The number of benzene rings is 1. The molecule has 1 unspecified atom stereocenters. The molecule has 0 aliphatic carbocycles. The fourth-order valence-corrected chi connectivity index (χ4v) is 3.67. The molecule has 30 heavy (non-hydrogen) atoms. The summed E-state index contributed by atoms with van der Waals surface area (Å²) in [7, 11) is -2.82. The van der Waals surface area contributed by atoms with Crippen molar-refractivity contribution in [3.8, 4) is 6.01 Å². The standard InChI is InChI=1S/C17H20AsN4O7P/c1-27-7-8-29-16-20-14(18)13-15(21-16)22(17(23)19-13)12(9-28-10-30(24,25)26)11-5-3-2-4-6-11/h2-6,12H,7-10H2,1H3,(H,19,23)(H2,24,25,26). The van der Waals surface area contributed by atoms with Gasteiger partial charge in [-0.1, -0.05) is 0 Å². The van der Waals surface area contributed by atoms with Crippen LogP contribution in [-0.4, -0.2) is 79.4 Å². The summed E-state index contributed by atoms with van der Waals surface area (Å²) in [6, 6.07) is 8.37. The SMILES string of the molecule is COCCOc1nc([As])c2[nH]c(=O)n(C(COCP(=O)(O)O)c3ccccc3)c2n1. The monoisotopic (exact) mass is 498 g/mol. The van der Waals surface area contributed by atoms with E-state index in [0.29, 0.717) is 22.2 Å². The topological polar surface area (TPSA) is 149 Å². The van der Waals surface area contributed by atoms with E-state index < -0.39 is 25.7 Å². The fourth-order valence-electron chi connectivity index (χ4n) is 2.82. The summed E-state index contributed by atoms with van der Waals surface area (Å²) in [5, 5.41) is 0. The number of imidazole rings is 1. The van der Waals surface area contributed by atoms with Gasteiger partial charge in [-0.15, -0.1) is 0 Å². The first kappa shape index (κ1) is 22.7. The van der Waals surface area contributed by atoms with Gasteiger partial charge in [0.25, 0.3) is 0 Å². The van der Waals surface area contributed by atoms with Crippen molar-refractivity contribution in [3.05, 3.63) is 46.4 Å². The van der Waals surface area contributed by atoms with Gasteiger partial charge in [-0.2, -0.15) is 0 Å². The van der Waals surface area contributed by atoms with Gasteiger partial charge in [-0.3, -0.25) is 0 Å². The number of ether oxygens (including phenoxy) is 3. The molecule has 11 nitrogen and oxygen atoms in total. The number of nitrogens with zero attached hydrogens (tertiary/aromatic N) is 3. The van der Waals surface area contributed by atoms with Gasteiger partial charge in [0.15, 0.2) is 0 Å². The second-order valence-corrected chi connectivity index (χ2v) is 8.74. The van der Waals surface area contributed by atoms with Crippen molar-refractivity contribution in [3.63, 3.8) is 0 Å². The van der Waals surface area contributed by atoms with Crippen LogP contribution in [0.4, 0.5) is 0 Å². The molecule has 2 radical (unpaired) electrons. The van der Waals surface area contributed by atoms with E-state index in [1.54, 1.807) is 31.4 Å². The summed E-state index contributed by atoms with van der Waals surface area (Å²) < 4.78 is 28.7. The summed E-state index contributed by atoms with van der Waals surface area (Å²) in [5.41, 5.74) is 0.940. The zero-order chi connectivity index (χ0) is 21.7. The summed E-state index contributed by atoms with van der Waals surface area (Å²) in [5.74, 6) is 0. The number of hydrogen-bond donors (Lipinski definition) is 3. The van der Waals surface area contributed by atoms with Crippen molar-refractivity contribution in [2.75, 3.05) is 33.3 Å². The minimum absolute atomic E-state index is 0.0749. The first-order valence-electron chi connectivity index (χ1n) is 8.80. The van der Waals surface area contributed by atoms with Crippen LogP contribution in [0.3, 0.4) is 0 Å². The Bertz CT molecular complexity index is 1100. The quantitative estimate of drug-likeness (QED) is 0.194. The van der Waals surface area contributed by atoms with Crippen molar-refractivity contribution in [2.24, 2.45) is 0 Å². The van der Waals surface area contributed by atoms with Gasteiger partial charge in [0.2, 0.25) is 0 Å². The van der Waals surface area contributed by atoms with Gasteiger partial charge >= 0.3 is 180 Å². The number of fused-ring (bicyclic) bond motifs is 1. The summed E-state index contributed by atoms with van der Waals surface area (Å²) in [6.07, 6.45) is -0.760. The van der Waals surface area contributed by atoms with Crippen LogP contribution in [-0.2, 0) is 14.0 Å². The van der Waals surface area contributed by atoms with Gasteiger partial charge in [0.1, 0.15) is 0 Å². The third-order valence-corrected chi connectivity index (χ3v) is 5.28. The molecule has 2 heterocycles. The Morgan fingerprint density at radius 1 is 1.23 bits per heavy atom. The van der Waals surface area contributed by atoms with Crippen molar-refractivity contribution >= 4 is 40.1 Å². The van der Waals surface area contributed by atoms with Crippen LogP contribution in [0.1, 0.15) is 11.6 Å². The Hall–Kier alpha value is -2.00. The van der Waals surface area contributed by atoms with Crippen LogP contribution in [0.15, 0.2) is 35.1 Å². The number of aromatic nitrogens is 4. The molecule has 0 bridgehead atoms. The van der Waals surface area contributed by atoms with Gasteiger partial charge in [0.05, 0.1) is 0 Å². The molecule has 0 fully saturated rings. The molecule has 0 aliphatic heterocycles. The van der Waals surface area contributed by atoms with Crippen molar-refractivity contribution in [1.82, 2.24) is 19.5 Å². The van der Waals surface area contributed by atoms with Gasteiger partial charge in [0, 0.05) is 0 Å². The van der Waals surface area contributed by atoms with E-state index in [9.17, 15) is 9.36 Å². The molecule has 2 aromatic heterocycles. The zero-order valence-electron chi connectivity index (χ0n) is 16.0. The van der Waals surface area contributed by atoms with Gasteiger partial charge in [-0.25, -0.2) is 0 Å². The maximum atomic E-state index is 12.8. The van der Waals surface area contributed by atoms with E-state index in [1.807, 2.05) is 6.07 Å². The molecule has 3 N–H and O–H groups in total. The van der Waals surface area contributed by atoms with Crippen molar-refractivity contribution in [1.29, 1.82) is 0 Å². The van der Waals surface area contributed by atoms with E-state index in [-0.39, 0.29) is 24.9 Å². The summed E-state index contributed by atoms with van der Waals surface area (Å²) in [4.78, 5) is 42.3. The molecule has 160 valence electrons. The number of hydrogen-bond acceptors (Lipinski definition) is 7. The van der Waals surface area contributed by atoms with Gasteiger partial charge < -0.3 is 0 Å². The fraction of sp³-hybridized carbons (Fsp3) is 0.353. The van der Waals surface area contributed by atoms with Crippen LogP contribution in [0.5, 0.6) is 6.01 Å². The Labute approximate surface area is 180 Å². The van der Waals surface area contributed by atoms with Crippen molar-refractivity contribution < 1.29 is 28.6 Å². The molecule has 3 aromatic rings. The molecule has 0 saturated carbocycles. The molecular formula is C17H20AsN4O7P. The number of aromatic amines is 1. The zero-order valence-corrected chi connectivity index (χ0v) is 18.7. The molecule has 1 atom stereocenters. The molecule has 1 aromatic carbocycles. The third kappa shape index (κ3) is 5.57. The number of rotatable bonds is 10. The maximum absolute atomic E-state index is 12.8. The molecule has 3 rings (SSSR count). The molecule has 0 saturated heterocycles. The van der Waals surface area contributed by atoms with E-state index in [2.05, 4.69) is 31.8 Å². The molecule has 0 spiro atoms. The van der Waals surface area contributed by atoms with E-state index in [0.717, 1.165) is 0 Å². The van der Waals surface area contributed by atoms with Crippen molar-refractivity contribution in [2.45, 2.75) is 6.04 Å². The molecule has 13 heteroatoms. The Morgan fingerprint density at radius 2 is 1.97 bits per heavy atom. The molecular weight excluding hydrogens is 478 g/mol. The first-order chi connectivity index (χ1) is 14.3. The Balaban J connectivity index is 2.05. The second kappa shape index (κ2) is 9.87. The van der Waals surface area contributed by atoms with Crippen LogP contribution in [0, 0.1) is 0 Å². The summed E-state index contributed by atoms with van der Waals surface area (Å²) >= 11 is 2.25. The van der Waals surface area contributed by atoms with E-state index >= 15 is 0 Å². The normalized spacial score (nSPS) is 12.9. The van der Waals surface area contributed by atoms with Gasteiger partial charge in [-0.05, 0) is 0 Å². The second-order valence-electron chi connectivity index (χ2n) is 6.26. The van der Waals surface area contributed by atoms with Crippen LogP contribution < -0.4 is 14.9 Å². The van der Waals surface area contributed by atoms with Crippen LogP contribution in [0.2, 0.25) is 0 Å². The average molecular weight is 498 g/mol. The first-order valence-corrected chi connectivity index (χ1v) is 11.5. The third-order valence-electron chi connectivity index (χ3n) is 4.08. The predicted molar refractivity (Wildman–Crippen MR) is 108 cm³/mol. The average Bonchev–Trinajstić information content (AvgIpc) is 3.02. The van der Waals surface area contributed by atoms with E-state index in [4.69, 9.17) is 24.0 Å². The predicted octanol–water partition coefficient (Wildman–Crippen LogP) is -0.320. The summed E-state index contributed by atoms with van der Waals surface area (Å²) in [6.45, 7) is 0.425. The minimum atomic E-state index is -4.36. The number of nitrogens with one attached hydrogen (secondary N) is 1. The molecule has 0 aliphatic rings. The van der Waals surface area contributed by atoms with Crippen LogP contribution >= 0.6 is 7.60 Å². The Kier molecular flexibility index (Phi) is 7.46. The number of H-pyrrole nitrogens is 1. The van der Waals surface area contributed by atoms with E-state index in [1.165, 1.54) is 4.57 Å².